The maximum Gasteiger partial charge on any atom is 0.225 e. The molecule has 1 aromatic carbocycles. The van der Waals surface area contributed by atoms with Crippen molar-refractivity contribution < 1.29 is 14.3 Å². The molecule has 0 aliphatic heterocycles. The molecule has 0 heterocycles. The van der Waals surface area contributed by atoms with E-state index in [-0.39, 0.29) is 24.2 Å². The van der Waals surface area contributed by atoms with Gasteiger partial charge >= 0.3 is 0 Å². The highest BCUT2D eigenvalue weighted by Gasteiger charge is 2.31. The summed E-state index contributed by atoms with van der Waals surface area (Å²) < 4.78 is 14.2. The van der Waals surface area contributed by atoms with Crippen LogP contribution in [0.2, 0.25) is 0 Å². The van der Waals surface area contributed by atoms with Crippen molar-refractivity contribution in [2.45, 2.75) is 31.9 Å². The molecule has 1 amide bonds. The second-order valence-electron chi connectivity index (χ2n) is 4.56. The van der Waals surface area contributed by atoms with Gasteiger partial charge in [-0.15, -0.1) is 0 Å². The van der Waals surface area contributed by atoms with Gasteiger partial charge in [0.2, 0.25) is 5.91 Å². The number of aliphatic hydroxyl groups excluding tert-OH is 1. The number of nitrogens with one attached hydrogen (secondary N) is 1. The van der Waals surface area contributed by atoms with Crippen LogP contribution in [0.3, 0.4) is 0 Å². The van der Waals surface area contributed by atoms with Gasteiger partial charge in [-0.1, -0.05) is 15.9 Å². The predicted octanol–water partition coefficient (Wildman–Crippen LogP) is 2.37. The largest absolute Gasteiger partial charge is 0.392 e. The van der Waals surface area contributed by atoms with Gasteiger partial charge in [0.15, 0.2) is 0 Å². The Balaban J connectivity index is 1.95. The van der Waals surface area contributed by atoms with Crippen LogP contribution in [0.1, 0.15) is 24.8 Å². The lowest BCUT2D eigenvalue weighted by Gasteiger charge is -2.14. The maximum atomic E-state index is 13.5. The van der Waals surface area contributed by atoms with Crippen LogP contribution in [-0.4, -0.2) is 17.1 Å². The van der Waals surface area contributed by atoms with E-state index in [0.29, 0.717) is 18.4 Å². The third-order valence-electron chi connectivity index (χ3n) is 3.28. The minimum atomic E-state index is -0.558. The molecule has 0 bridgehead atoms. The molecule has 18 heavy (non-hydrogen) atoms. The average molecular weight is 316 g/mol. The average Bonchev–Trinajstić information content (AvgIpc) is 2.76. The summed E-state index contributed by atoms with van der Waals surface area (Å²) >= 11 is 3.26. The van der Waals surface area contributed by atoms with Crippen molar-refractivity contribution in [3.63, 3.8) is 0 Å². The summed E-state index contributed by atoms with van der Waals surface area (Å²) in [6.45, 7) is 0.146. The molecule has 2 rings (SSSR count). The Morgan fingerprint density at radius 1 is 1.50 bits per heavy atom. The maximum absolute atomic E-state index is 13.5. The zero-order valence-electron chi connectivity index (χ0n) is 9.83. The Morgan fingerprint density at radius 3 is 2.94 bits per heavy atom. The molecule has 2 unspecified atom stereocenters. The summed E-state index contributed by atoms with van der Waals surface area (Å²) in [5.41, 5.74) is 0.435. The molecule has 5 heteroatoms. The van der Waals surface area contributed by atoms with Crippen LogP contribution < -0.4 is 5.32 Å². The van der Waals surface area contributed by atoms with Gasteiger partial charge < -0.3 is 10.4 Å². The van der Waals surface area contributed by atoms with E-state index in [9.17, 15) is 14.3 Å². The van der Waals surface area contributed by atoms with E-state index in [1.54, 1.807) is 12.1 Å². The Morgan fingerprint density at radius 2 is 2.28 bits per heavy atom. The SMILES string of the molecule is O=C(NCc1cc(Br)ccc1F)C1CCCC1O. The van der Waals surface area contributed by atoms with Crippen molar-refractivity contribution in [3.8, 4) is 0 Å². The van der Waals surface area contributed by atoms with Crippen molar-refractivity contribution >= 4 is 21.8 Å². The fraction of sp³-hybridized carbons (Fsp3) is 0.462. The number of benzene rings is 1. The van der Waals surface area contributed by atoms with Crippen LogP contribution in [0, 0.1) is 11.7 Å². The standard InChI is InChI=1S/C13H15BrFNO2/c14-9-4-5-11(15)8(6-9)7-16-13(18)10-2-1-3-12(10)17/h4-6,10,12,17H,1-3,7H2,(H,16,18). The van der Waals surface area contributed by atoms with Gasteiger partial charge in [-0.3, -0.25) is 4.79 Å². The second-order valence-corrected chi connectivity index (χ2v) is 5.47. The minimum Gasteiger partial charge on any atom is -0.392 e. The zero-order chi connectivity index (χ0) is 13.1. The molecule has 0 saturated heterocycles. The number of aliphatic hydroxyl groups is 1. The highest BCUT2D eigenvalue weighted by atomic mass is 79.9. The molecule has 1 saturated carbocycles. The first kappa shape index (κ1) is 13.5. The summed E-state index contributed by atoms with van der Waals surface area (Å²) in [4.78, 5) is 11.8. The number of hydrogen-bond acceptors (Lipinski definition) is 2. The van der Waals surface area contributed by atoms with Crippen molar-refractivity contribution in [1.29, 1.82) is 0 Å². The fourth-order valence-corrected chi connectivity index (χ4v) is 2.65. The van der Waals surface area contributed by atoms with Crippen molar-refractivity contribution in [1.82, 2.24) is 5.32 Å². The first-order chi connectivity index (χ1) is 8.58. The van der Waals surface area contributed by atoms with Gasteiger partial charge in [-0.05, 0) is 37.5 Å². The number of halogens is 2. The summed E-state index contributed by atoms with van der Waals surface area (Å²) in [6, 6.07) is 4.61. The Hall–Kier alpha value is -0.940. The number of carbonyl (C=O) groups is 1. The van der Waals surface area contributed by atoms with Crippen LogP contribution in [0.5, 0.6) is 0 Å². The smallest absolute Gasteiger partial charge is 0.225 e. The number of rotatable bonds is 3. The second kappa shape index (κ2) is 5.80. The zero-order valence-corrected chi connectivity index (χ0v) is 11.4. The highest BCUT2D eigenvalue weighted by molar-refractivity contribution is 9.10. The molecule has 0 aromatic heterocycles. The molecule has 0 spiro atoms. The normalized spacial score (nSPS) is 23.1. The highest BCUT2D eigenvalue weighted by Crippen LogP contribution is 2.25. The van der Waals surface area contributed by atoms with Crippen molar-refractivity contribution in [2.24, 2.45) is 5.92 Å². The number of carbonyl (C=O) groups excluding carboxylic acids is 1. The summed E-state index contributed by atoms with van der Waals surface area (Å²) in [6.07, 6.45) is 1.68. The van der Waals surface area contributed by atoms with E-state index in [0.717, 1.165) is 10.9 Å². The van der Waals surface area contributed by atoms with Crippen LogP contribution in [0.4, 0.5) is 4.39 Å². The number of amides is 1. The fourth-order valence-electron chi connectivity index (χ4n) is 2.24. The van der Waals surface area contributed by atoms with Gasteiger partial charge in [0.1, 0.15) is 5.82 Å². The van der Waals surface area contributed by atoms with Gasteiger partial charge in [0, 0.05) is 16.6 Å². The lowest BCUT2D eigenvalue weighted by Crippen LogP contribution is -2.34. The van der Waals surface area contributed by atoms with E-state index in [2.05, 4.69) is 21.2 Å². The molecule has 2 atom stereocenters. The molecular weight excluding hydrogens is 301 g/mol. The number of hydrogen-bond donors (Lipinski definition) is 2. The first-order valence-electron chi connectivity index (χ1n) is 5.97. The topological polar surface area (TPSA) is 49.3 Å². The molecule has 1 fully saturated rings. The molecule has 1 aromatic rings. The lowest BCUT2D eigenvalue weighted by atomic mass is 10.1. The Labute approximate surface area is 114 Å². The van der Waals surface area contributed by atoms with Crippen LogP contribution in [0.25, 0.3) is 0 Å². The molecule has 1 aliphatic rings. The van der Waals surface area contributed by atoms with E-state index in [1.165, 1.54) is 6.07 Å². The van der Waals surface area contributed by atoms with E-state index < -0.39 is 6.10 Å². The van der Waals surface area contributed by atoms with Crippen molar-refractivity contribution in [2.75, 3.05) is 0 Å². The predicted molar refractivity (Wildman–Crippen MR) is 69.3 cm³/mol. The van der Waals surface area contributed by atoms with Gasteiger partial charge in [0.25, 0.3) is 0 Å². The van der Waals surface area contributed by atoms with E-state index in [4.69, 9.17) is 0 Å². The molecule has 1 aliphatic carbocycles. The monoisotopic (exact) mass is 315 g/mol. The lowest BCUT2D eigenvalue weighted by molar-refractivity contribution is -0.127. The van der Waals surface area contributed by atoms with Gasteiger partial charge in [-0.2, -0.15) is 0 Å². The summed E-state index contributed by atoms with van der Waals surface area (Å²) in [5, 5.41) is 12.3. The molecular formula is C13H15BrFNO2. The van der Waals surface area contributed by atoms with E-state index in [1.807, 2.05) is 0 Å². The Bertz CT molecular complexity index is 453. The molecule has 2 N–H and O–H groups in total. The quantitative estimate of drug-likeness (QED) is 0.899. The molecule has 98 valence electrons. The van der Waals surface area contributed by atoms with Gasteiger partial charge in [0.05, 0.1) is 12.0 Å². The minimum absolute atomic E-state index is 0.146. The first-order valence-corrected chi connectivity index (χ1v) is 6.77. The summed E-state index contributed by atoms with van der Waals surface area (Å²) in [7, 11) is 0. The van der Waals surface area contributed by atoms with Crippen LogP contribution >= 0.6 is 15.9 Å². The van der Waals surface area contributed by atoms with Crippen LogP contribution in [0.15, 0.2) is 22.7 Å². The molecule has 3 nitrogen and oxygen atoms in total. The third-order valence-corrected chi connectivity index (χ3v) is 3.77. The van der Waals surface area contributed by atoms with Gasteiger partial charge in [-0.25, -0.2) is 4.39 Å². The van der Waals surface area contributed by atoms with Crippen LogP contribution in [-0.2, 0) is 11.3 Å². The van der Waals surface area contributed by atoms with E-state index >= 15 is 0 Å². The van der Waals surface area contributed by atoms with Crippen molar-refractivity contribution in [3.05, 3.63) is 34.1 Å². The summed E-state index contributed by atoms with van der Waals surface area (Å²) in [5.74, 6) is -0.884. The molecule has 0 radical (unpaired) electrons. The third kappa shape index (κ3) is 3.09. The Kier molecular flexibility index (Phi) is 4.35.